The van der Waals surface area contributed by atoms with Crippen LogP contribution < -0.4 is 0 Å². The molecule has 0 bridgehead atoms. The fraction of sp³-hybridized carbons (Fsp3) is 1.00. The zero-order valence-corrected chi connectivity index (χ0v) is 30.2. The monoisotopic (exact) mass is 623 g/mol. The van der Waals surface area contributed by atoms with Gasteiger partial charge in [0.1, 0.15) is 0 Å². The van der Waals surface area contributed by atoms with E-state index >= 15 is 0 Å². The molecule has 0 aromatic carbocycles. The van der Waals surface area contributed by atoms with E-state index in [1.54, 1.807) is 0 Å². The fourth-order valence-electron chi connectivity index (χ4n) is 14.4. The van der Waals surface area contributed by atoms with Crippen LogP contribution in [0.2, 0.25) is 0 Å². The van der Waals surface area contributed by atoms with Gasteiger partial charge >= 0.3 is 0 Å². The van der Waals surface area contributed by atoms with Gasteiger partial charge in [0.25, 0.3) is 0 Å². The first-order valence-electron chi connectivity index (χ1n) is 20.8. The molecular weight excluding hydrogens is 552 g/mol. The van der Waals surface area contributed by atoms with E-state index in [0.717, 1.165) is 53.8 Å². The Bertz CT molecular complexity index is 1020. The van der Waals surface area contributed by atoms with Crippen molar-refractivity contribution in [3.05, 3.63) is 0 Å². The molecule has 14 atom stereocenters. The van der Waals surface area contributed by atoms with Crippen LogP contribution in [0.4, 0.5) is 0 Å². The lowest BCUT2D eigenvalue weighted by atomic mass is 9.54. The average molecular weight is 623 g/mol. The van der Waals surface area contributed by atoms with Crippen LogP contribution in [0, 0.1) is 70.0 Å². The summed E-state index contributed by atoms with van der Waals surface area (Å²) in [5.74, 6) is 7.45. The van der Waals surface area contributed by atoms with Crippen LogP contribution in [-0.2, 0) is 14.2 Å². The van der Waals surface area contributed by atoms with E-state index in [4.69, 9.17) is 14.2 Å². The van der Waals surface area contributed by atoms with Crippen molar-refractivity contribution in [3.8, 4) is 0 Å². The van der Waals surface area contributed by atoms with Gasteiger partial charge in [0.2, 0.25) is 0 Å². The van der Waals surface area contributed by atoms with E-state index in [-0.39, 0.29) is 16.6 Å². The van der Waals surface area contributed by atoms with Gasteiger partial charge in [-0.05, 0) is 135 Å². The largest absolute Gasteiger partial charge is 0.374 e. The van der Waals surface area contributed by atoms with Crippen LogP contribution in [-0.4, -0.2) is 30.2 Å². The van der Waals surface area contributed by atoms with E-state index in [9.17, 15) is 0 Å². The van der Waals surface area contributed by atoms with Gasteiger partial charge in [-0.15, -0.1) is 0 Å². The maximum Gasteiger partial charge on any atom is 0.175 e. The third kappa shape index (κ3) is 4.78. The normalized spacial score (nSPS) is 51.1. The Morgan fingerprint density at radius 1 is 0.533 bits per heavy atom. The number of hydrogen-bond acceptors (Lipinski definition) is 3. The molecule has 8 rings (SSSR count). The van der Waals surface area contributed by atoms with Crippen LogP contribution in [0.5, 0.6) is 0 Å². The Kier molecular flexibility index (Phi) is 8.59. The molecule has 2 aliphatic heterocycles. The molecule has 0 aromatic heterocycles. The van der Waals surface area contributed by atoms with Crippen molar-refractivity contribution in [2.75, 3.05) is 0 Å². The molecule has 0 N–H and O–H groups in total. The van der Waals surface area contributed by atoms with Crippen molar-refractivity contribution in [1.29, 1.82) is 0 Å². The van der Waals surface area contributed by atoms with Crippen LogP contribution in [0.25, 0.3) is 0 Å². The summed E-state index contributed by atoms with van der Waals surface area (Å²) in [6.45, 7) is 14.9. The Morgan fingerprint density at radius 3 is 1.71 bits per heavy atom. The summed E-state index contributed by atoms with van der Waals surface area (Å²) < 4.78 is 23.3. The molecule has 6 aliphatic carbocycles. The topological polar surface area (TPSA) is 27.7 Å². The zero-order chi connectivity index (χ0) is 31.1. The fourth-order valence-corrected chi connectivity index (χ4v) is 14.4. The highest BCUT2D eigenvalue weighted by Gasteiger charge is 2.73. The van der Waals surface area contributed by atoms with Crippen LogP contribution in [0.1, 0.15) is 164 Å². The molecular formula is C42H70O3. The summed E-state index contributed by atoms with van der Waals surface area (Å²) in [7, 11) is 0. The van der Waals surface area contributed by atoms with Gasteiger partial charge in [-0.25, -0.2) is 0 Å². The smallest absolute Gasteiger partial charge is 0.175 e. The van der Waals surface area contributed by atoms with Crippen LogP contribution in [0.3, 0.4) is 0 Å². The molecule has 14 unspecified atom stereocenters. The van der Waals surface area contributed by atoms with Gasteiger partial charge in [0.15, 0.2) is 5.79 Å². The second-order valence-corrected chi connectivity index (χ2v) is 18.8. The Balaban J connectivity index is 1.25. The quantitative estimate of drug-likeness (QED) is 0.295. The minimum Gasteiger partial charge on any atom is -0.374 e. The summed E-state index contributed by atoms with van der Waals surface area (Å²) in [4.78, 5) is 0. The highest BCUT2D eigenvalue weighted by Crippen LogP contribution is 2.71. The lowest BCUT2D eigenvalue weighted by molar-refractivity contribution is -0.390. The third-order valence-electron chi connectivity index (χ3n) is 17.7. The van der Waals surface area contributed by atoms with E-state index < -0.39 is 0 Å². The minimum atomic E-state index is -0.384. The summed E-state index contributed by atoms with van der Waals surface area (Å²) in [5, 5.41) is 0. The maximum atomic E-state index is 8.01. The number of hydrogen-bond donors (Lipinski definition) is 0. The zero-order valence-electron chi connectivity index (χ0n) is 30.2. The molecule has 2 heterocycles. The predicted molar refractivity (Wildman–Crippen MR) is 183 cm³/mol. The Hall–Kier alpha value is -0.120. The molecule has 1 spiro atoms. The van der Waals surface area contributed by atoms with E-state index in [0.29, 0.717) is 36.3 Å². The molecule has 8 fully saturated rings. The first kappa shape index (κ1) is 32.1. The van der Waals surface area contributed by atoms with Gasteiger partial charge in [0.05, 0.1) is 24.4 Å². The van der Waals surface area contributed by atoms with E-state index in [1.165, 1.54) is 116 Å². The second kappa shape index (κ2) is 12.0. The van der Waals surface area contributed by atoms with Crippen molar-refractivity contribution < 1.29 is 14.2 Å². The van der Waals surface area contributed by atoms with Crippen molar-refractivity contribution in [1.82, 2.24) is 0 Å². The molecule has 0 aromatic rings. The Morgan fingerprint density at radius 2 is 1.07 bits per heavy atom. The first-order valence-corrected chi connectivity index (χ1v) is 20.8. The summed E-state index contributed by atoms with van der Waals surface area (Å²) >= 11 is 0. The standard InChI is InChI=1S/C42H70O3/c1-7-40(5,8-2)34-25-35(41(6,9-3)10-4)45-42(44-34)31-22-24-33-38(37-28-17-13-11-15-26(28)20-23-32(37)43-33)36(31)30-21-19-27-16-12-14-18-29(27)39(30)42/h26-39H,7-25H2,1-6H3. The van der Waals surface area contributed by atoms with Crippen molar-refractivity contribution in [2.24, 2.45) is 70.0 Å². The highest BCUT2D eigenvalue weighted by molar-refractivity contribution is 5.17. The summed E-state index contributed by atoms with van der Waals surface area (Å²) in [6, 6.07) is 0. The number of fused-ring (bicyclic) bond motifs is 13. The Labute approximate surface area is 277 Å². The number of ether oxygens (including phenoxy) is 3. The van der Waals surface area contributed by atoms with Crippen LogP contribution >= 0.6 is 0 Å². The van der Waals surface area contributed by atoms with Gasteiger partial charge in [-0.3, -0.25) is 0 Å². The number of rotatable bonds is 6. The molecule has 3 heteroatoms. The van der Waals surface area contributed by atoms with E-state index in [2.05, 4.69) is 41.5 Å². The van der Waals surface area contributed by atoms with Gasteiger partial charge < -0.3 is 14.2 Å². The first-order chi connectivity index (χ1) is 21.8. The van der Waals surface area contributed by atoms with Gasteiger partial charge in [0, 0.05) is 18.3 Å². The van der Waals surface area contributed by atoms with Crippen molar-refractivity contribution in [2.45, 2.75) is 194 Å². The molecule has 0 radical (unpaired) electrons. The molecule has 2 saturated heterocycles. The summed E-state index contributed by atoms with van der Waals surface area (Å²) in [5.41, 5.74) is 0.423. The van der Waals surface area contributed by atoms with E-state index in [1.807, 2.05) is 0 Å². The predicted octanol–water partition coefficient (Wildman–Crippen LogP) is 11.0. The molecule has 6 saturated carbocycles. The van der Waals surface area contributed by atoms with Gasteiger partial charge in [-0.2, -0.15) is 0 Å². The highest BCUT2D eigenvalue weighted by atomic mass is 16.7. The summed E-state index contributed by atoms with van der Waals surface area (Å²) in [6.07, 6.45) is 27.4. The molecule has 256 valence electrons. The maximum absolute atomic E-state index is 8.01. The lowest BCUT2D eigenvalue weighted by Crippen LogP contribution is -2.63. The third-order valence-corrected chi connectivity index (χ3v) is 17.7. The lowest BCUT2D eigenvalue weighted by Gasteiger charge is -2.59. The molecule has 8 aliphatic rings. The SMILES string of the molecule is CCC(C)(CC)C1CC(C(C)(CC)CC)OC2(O1)C1CCC3OC4CCC5CCCCC5C4C3C1C1CCC3CCCCC3C12. The second-order valence-electron chi connectivity index (χ2n) is 18.8. The average Bonchev–Trinajstić information content (AvgIpc) is 3.61. The molecule has 3 nitrogen and oxygen atoms in total. The molecule has 0 amide bonds. The van der Waals surface area contributed by atoms with Gasteiger partial charge in [-0.1, -0.05) is 80.1 Å². The molecule has 45 heavy (non-hydrogen) atoms. The van der Waals surface area contributed by atoms with Crippen molar-refractivity contribution in [3.63, 3.8) is 0 Å². The van der Waals surface area contributed by atoms with Crippen molar-refractivity contribution >= 4 is 0 Å². The van der Waals surface area contributed by atoms with Crippen LogP contribution in [0.15, 0.2) is 0 Å². The minimum absolute atomic E-state index is 0.211.